The lowest BCUT2D eigenvalue weighted by Crippen LogP contribution is -2.11. The minimum atomic E-state index is -0.882. The summed E-state index contributed by atoms with van der Waals surface area (Å²) in [7, 11) is 0. The molecule has 76 valence electrons. The van der Waals surface area contributed by atoms with Crippen molar-refractivity contribution in [2.75, 3.05) is 0 Å². The van der Waals surface area contributed by atoms with Crippen LogP contribution in [0.25, 0.3) is 0 Å². The van der Waals surface area contributed by atoms with Gasteiger partial charge in [-0.1, -0.05) is 25.5 Å². The predicted molar refractivity (Wildman–Crippen MR) is 53.4 cm³/mol. The lowest BCUT2D eigenvalue weighted by Gasteiger charge is -2.11. The Morgan fingerprint density at radius 1 is 1.57 bits per heavy atom. The number of aryl methyl sites for hydroxylation is 1. The summed E-state index contributed by atoms with van der Waals surface area (Å²) in [5, 5.41) is 10.1. The van der Waals surface area contributed by atoms with E-state index in [-0.39, 0.29) is 11.7 Å². The zero-order valence-corrected chi connectivity index (χ0v) is 8.55. The Bertz CT molecular complexity index is 361. The van der Waals surface area contributed by atoms with Crippen LogP contribution in [0.5, 0.6) is 0 Å². The van der Waals surface area contributed by atoms with Gasteiger partial charge in [-0.3, -0.25) is 0 Å². The summed E-state index contributed by atoms with van der Waals surface area (Å²) < 4.78 is 13.5. The normalized spacial score (nSPS) is 30.4. The monoisotopic (exact) mass is 194 g/mol. The molecule has 1 aromatic rings. The number of halogens is 1. The first-order valence-electron chi connectivity index (χ1n) is 5.07. The van der Waals surface area contributed by atoms with Crippen molar-refractivity contribution in [3.05, 3.63) is 35.1 Å². The van der Waals surface area contributed by atoms with E-state index in [1.165, 1.54) is 6.07 Å². The van der Waals surface area contributed by atoms with Crippen LogP contribution in [0.2, 0.25) is 0 Å². The van der Waals surface area contributed by atoms with E-state index >= 15 is 0 Å². The molecule has 2 rings (SSSR count). The van der Waals surface area contributed by atoms with Gasteiger partial charge < -0.3 is 5.11 Å². The number of hydrogen-bond donors (Lipinski definition) is 1. The second-order valence-corrected chi connectivity index (χ2v) is 4.22. The minimum absolute atomic E-state index is 0.236. The fraction of sp³-hybridized carbons (Fsp3) is 0.500. The second kappa shape index (κ2) is 3.06. The molecule has 0 heterocycles. The van der Waals surface area contributed by atoms with Crippen molar-refractivity contribution in [1.82, 2.24) is 0 Å². The quantitative estimate of drug-likeness (QED) is 0.767. The van der Waals surface area contributed by atoms with Crippen molar-refractivity contribution < 1.29 is 9.50 Å². The van der Waals surface area contributed by atoms with E-state index < -0.39 is 5.60 Å². The smallest absolute Gasteiger partial charge is 0.129 e. The van der Waals surface area contributed by atoms with Gasteiger partial charge in [-0.15, -0.1) is 0 Å². The molecule has 1 aliphatic carbocycles. The predicted octanol–water partition coefficient (Wildman–Crippen LogP) is 2.75. The van der Waals surface area contributed by atoms with E-state index in [1.807, 2.05) is 19.9 Å². The lowest BCUT2D eigenvalue weighted by atomic mass is 10.0. The van der Waals surface area contributed by atoms with Crippen LogP contribution in [0, 0.1) is 18.7 Å². The molecule has 0 aromatic heterocycles. The molecule has 1 nitrogen and oxygen atoms in total. The van der Waals surface area contributed by atoms with Gasteiger partial charge in [0, 0.05) is 5.56 Å². The average Bonchev–Trinajstić information content (AvgIpc) is 2.77. The second-order valence-electron chi connectivity index (χ2n) is 4.22. The van der Waals surface area contributed by atoms with Gasteiger partial charge in [-0.05, 0) is 30.9 Å². The fourth-order valence-electron chi connectivity index (χ4n) is 2.10. The van der Waals surface area contributed by atoms with Gasteiger partial charge in [0.15, 0.2) is 0 Å². The van der Waals surface area contributed by atoms with E-state index in [1.54, 1.807) is 6.07 Å². The Kier molecular flexibility index (Phi) is 2.11. The number of rotatable bonds is 2. The molecule has 2 heteroatoms. The minimum Gasteiger partial charge on any atom is -0.385 e. The highest BCUT2D eigenvalue weighted by Gasteiger charge is 2.54. The third-order valence-corrected chi connectivity index (χ3v) is 3.16. The maximum absolute atomic E-state index is 13.5. The zero-order chi connectivity index (χ0) is 10.3. The Balaban J connectivity index is 2.34. The molecular weight excluding hydrogens is 179 g/mol. The maximum Gasteiger partial charge on any atom is 0.129 e. The molecule has 0 radical (unpaired) electrons. The Morgan fingerprint density at radius 2 is 2.29 bits per heavy atom. The molecule has 0 spiro atoms. The van der Waals surface area contributed by atoms with Gasteiger partial charge in [0.25, 0.3) is 0 Å². The number of hydrogen-bond acceptors (Lipinski definition) is 1. The first-order chi connectivity index (χ1) is 6.58. The summed E-state index contributed by atoms with van der Waals surface area (Å²) in [6.45, 7) is 3.87. The third-order valence-electron chi connectivity index (χ3n) is 3.16. The van der Waals surface area contributed by atoms with E-state index in [4.69, 9.17) is 0 Å². The highest BCUT2D eigenvalue weighted by Crippen LogP contribution is 2.54. The first kappa shape index (κ1) is 9.66. The molecule has 1 saturated carbocycles. The van der Waals surface area contributed by atoms with Crippen molar-refractivity contribution in [1.29, 1.82) is 0 Å². The molecular formula is C12H15FO. The van der Waals surface area contributed by atoms with Crippen LogP contribution >= 0.6 is 0 Å². The fourth-order valence-corrected chi connectivity index (χ4v) is 2.10. The Labute approximate surface area is 83.6 Å². The van der Waals surface area contributed by atoms with Crippen molar-refractivity contribution >= 4 is 0 Å². The van der Waals surface area contributed by atoms with Gasteiger partial charge >= 0.3 is 0 Å². The summed E-state index contributed by atoms with van der Waals surface area (Å²) in [6, 6.07) is 5.04. The van der Waals surface area contributed by atoms with Crippen molar-refractivity contribution in [2.45, 2.75) is 32.3 Å². The van der Waals surface area contributed by atoms with E-state index in [0.717, 1.165) is 12.0 Å². The SMILES string of the molecule is CCC1CC1(O)c1ccc(C)cc1F. The van der Waals surface area contributed by atoms with Gasteiger partial charge in [-0.2, -0.15) is 0 Å². The Morgan fingerprint density at radius 3 is 2.79 bits per heavy atom. The number of aliphatic hydroxyl groups is 1. The van der Waals surface area contributed by atoms with Crippen LogP contribution < -0.4 is 0 Å². The van der Waals surface area contributed by atoms with Crippen molar-refractivity contribution in [2.24, 2.45) is 5.92 Å². The Hall–Kier alpha value is -0.890. The molecule has 1 N–H and O–H groups in total. The molecule has 1 fully saturated rings. The highest BCUT2D eigenvalue weighted by atomic mass is 19.1. The first-order valence-corrected chi connectivity index (χ1v) is 5.07. The van der Waals surface area contributed by atoms with Crippen LogP contribution in [0.4, 0.5) is 4.39 Å². The number of benzene rings is 1. The molecule has 1 aliphatic rings. The van der Waals surface area contributed by atoms with Crippen LogP contribution in [0.1, 0.15) is 30.9 Å². The summed E-state index contributed by atoms with van der Waals surface area (Å²) in [5.74, 6) is -0.0387. The highest BCUT2D eigenvalue weighted by molar-refractivity contribution is 5.33. The molecule has 2 unspecified atom stereocenters. The van der Waals surface area contributed by atoms with Gasteiger partial charge in [-0.25, -0.2) is 4.39 Å². The third kappa shape index (κ3) is 1.34. The van der Waals surface area contributed by atoms with Crippen LogP contribution in [0.3, 0.4) is 0 Å². The molecule has 1 aromatic carbocycles. The largest absolute Gasteiger partial charge is 0.385 e. The van der Waals surface area contributed by atoms with Crippen molar-refractivity contribution in [3.63, 3.8) is 0 Å². The van der Waals surface area contributed by atoms with Crippen LogP contribution in [0.15, 0.2) is 18.2 Å². The molecule has 14 heavy (non-hydrogen) atoms. The van der Waals surface area contributed by atoms with Gasteiger partial charge in [0.2, 0.25) is 0 Å². The van der Waals surface area contributed by atoms with Gasteiger partial charge in [0.05, 0.1) is 5.60 Å². The topological polar surface area (TPSA) is 20.2 Å². The standard InChI is InChI=1S/C12H15FO/c1-3-9-7-12(9,14)10-5-4-8(2)6-11(10)13/h4-6,9,14H,3,7H2,1-2H3. The maximum atomic E-state index is 13.5. The lowest BCUT2D eigenvalue weighted by molar-refractivity contribution is 0.126. The van der Waals surface area contributed by atoms with Gasteiger partial charge in [0.1, 0.15) is 5.82 Å². The van der Waals surface area contributed by atoms with Crippen LogP contribution in [-0.4, -0.2) is 5.11 Å². The van der Waals surface area contributed by atoms with E-state index in [0.29, 0.717) is 12.0 Å². The molecule has 0 saturated heterocycles. The summed E-state index contributed by atoms with van der Waals surface area (Å²) in [6.07, 6.45) is 1.60. The van der Waals surface area contributed by atoms with E-state index in [9.17, 15) is 9.50 Å². The molecule has 0 amide bonds. The summed E-state index contributed by atoms with van der Waals surface area (Å²) >= 11 is 0. The summed E-state index contributed by atoms with van der Waals surface area (Å²) in [5.41, 5.74) is 0.477. The zero-order valence-electron chi connectivity index (χ0n) is 8.55. The molecule has 2 atom stereocenters. The average molecular weight is 194 g/mol. The van der Waals surface area contributed by atoms with Crippen molar-refractivity contribution in [3.8, 4) is 0 Å². The van der Waals surface area contributed by atoms with Crippen LogP contribution in [-0.2, 0) is 5.60 Å². The van der Waals surface area contributed by atoms with E-state index in [2.05, 4.69) is 0 Å². The molecule has 0 bridgehead atoms. The summed E-state index contributed by atoms with van der Waals surface area (Å²) in [4.78, 5) is 0. The molecule has 0 aliphatic heterocycles.